The minimum atomic E-state index is -0.446. The third kappa shape index (κ3) is 4.10. The van der Waals surface area contributed by atoms with Crippen LogP contribution in [-0.4, -0.2) is 11.8 Å². The summed E-state index contributed by atoms with van der Waals surface area (Å²) in [7, 11) is 0. The van der Waals surface area contributed by atoms with Crippen molar-refractivity contribution in [3.05, 3.63) is 65.5 Å². The quantitative estimate of drug-likeness (QED) is 0.829. The fourth-order valence-electron chi connectivity index (χ4n) is 2.16. The van der Waals surface area contributed by atoms with Crippen molar-refractivity contribution in [1.29, 1.82) is 0 Å². The molecule has 0 saturated heterocycles. The Kier molecular flexibility index (Phi) is 4.74. The molecule has 2 N–H and O–H groups in total. The predicted molar refractivity (Wildman–Crippen MR) is 85.5 cm³/mol. The molecule has 1 saturated carbocycles. The van der Waals surface area contributed by atoms with Gasteiger partial charge in [0, 0.05) is 5.92 Å². The van der Waals surface area contributed by atoms with E-state index in [1.807, 2.05) is 0 Å². The molecule has 2 aromatic carbocycles. The molecule has 0 atom stereocenters. The summed E-state index contributed by atoms with van der Waals surface area (Å²) in [6, 6.07) is 12.7. The monoisotopic (exact) mass is 328 g/mol. The second-order valence-corrected chi connectivity index (χ2v) is 5.63. The molecule has 0 heterocycles. The number of carbonyl (C=O) groups excluding carboxylic acids is 2. The normalized spacial score (nSPS) is 13.2. The van der Waals surface area contributed by atoms with Crippen LogP contribution in [0.25, 0.3) is 0 Å². The number of hydrogen-bond acceptors (Lipinski definition) is 3. The van der Waals surface area contributed by atoms with Gasteiger partial charge in [-0.2, -0.15) is 0 Å². The summed E-state index contributed by atoms with van der Waals surface area (Å²) in [6.45, 7) is 0.207. The van der Waals surface area contributed by atoms with Crippen LogP contribution in [0.4, 0.5) is 4.39 Å². The lowest BCUT2D eigenvalue weighted by molar-refractivity contribution is -0.123. The van der Waals surface area contributed by atoms with E-state index in [1.165, 1.54) is 12.1 Å². The zero-order chi connectivity index (χ0) is 16.9. The molecule has 0 aliphatic heterocycles. The third-order valence-electron chi connectivity index (χ3n) is 3.69. The first kappa shape index (κ1) is 16.0. The van der Waals surface area contributed by atoms with Crippen LogP contribution < -0.4 is 15.6 Å². The molecule has 1 aliphatic carbocycles. The van der Waals surface area contributed by atoms with E-state index in [2.05, 4.69) is 10.9 Å². The van der Waals surface area contributed by atoms with Gasteiger partial charge in [0.05, 0.1) is 5.56 Å². The highest BCUT2D eigenvalue weighted by Gasteiger charge is 2.29. The molecule has 24 heavy (non-hydrogen) atoms. The molecule has 6 heteroatoms. The van der Waals surface area contributed by atoms with Gasteiger partial charge in [0.25, 0.3) is 5.91 Å². The van der Waals surface area contributed by atoms with Gasteiger partial charge < -0.3 is 4.74 Å². The topological polar surface area (TPSA) is 67.4 Å². The van der Waals surface area contributed by atoms with Gasteiger partial charge in [-0.3, -0.25) is 20.4 Å². The lowest BCUT2D eigenvalue weighted by Crippen LogP contribution is -2.42. The molecule has 1 aliphatic rings. The molecule has 2 amide bonds. The van der Waals surface area contributed by atoms with E-state index in [-0.39, 0.29) is 24.2 Å². The van der Waals surface area contributed by atoms with Crippen LogP contribution in [0.15, 0.2) is 48.5 Å². The number of para-hydroxylation sites is 1. The number of halogens is 1. The van der Waals surface area contributed by atoms with Crippen molar-refractivity contribution in [2.45, 2.75) is 19.4 Å². The molecule has 0 spiro atoms. The maximum atomic E-state index is 12.9. The van der Waals surface area contributed by atoms with E-state index < -0.39 is 5.91 Å². The van der Waals surface area contributed by atoms with Crippen LogP contribution in [-0.2, 0) is 11.4 Å². The summed E-state index contributed by atoms with van der Waals surface area (Å²) >= 11 is 0. The first-order valence-electron chi connectivity index (χ1n) is 7.70. The molecule has 124 valence electrons. The number of nitrogens with one attached hydrogen (secondary N) is 2. The number of ether oxygens (including phenoxy) is 1. The standard InChI is InChI=1S/C18H17FN2O3/c19-14-9-5-12(6-10-14)11-24-16-4-2-1-3-15(16)18(23)21-20-17(22)13-7-8-13/h1-6,9-10,13H,7-8,11H2,(H,20,22)(H,21,23). The lowest BCUT2D eigenvalue weighted by Gasteiger charge is -2.12. The van der Waals surface area contributed by atoms with E-state index in [1.54, 1.807) is 36.4 Å². The Bertz CT molecular complexity index is 742. The number of amides is 2. The molecule has 0 aromatic heterocycles. The average Bonchev–Trinajstić information content (AvgIpc) is 3.44. The zero-order valence-electron chi connectivity index (χ0n) is 12.9. The van der Waals surface area contributed by atoms with Crippen molar-refractivity contribution in [1.82, 2.24) is 10.9 Å². The summed E-state index contributed by atoms with van der Waals surface area (Å²) < 4.78 is 18.6. The summed E-state index contributed by atoms with van der Waals surface area (Å²) in [5.74, 6) is -0.535. The van der Waals surface area contributed by atoms with E-state index in [0.717, 1.165) is 18.4 Å². The van der Waals surface area contributed by atoms with Crippen molar-refractivity contribution >= 4 is 11.8 Å². The van der Waals surface area contributed by atoms with E-state index >= 15 is 0 Å². The van der Waals surface area contributed by atoms with Gasteiger partial charge in [0.1, 0.15) is 18.2 Å². The van der Waals surface area contributed by atoms with Gasteiger partial charge in [-0.15, -0.1) is 0 Å². The minimum absolute atomic E-state index is 0.00951. The molecule has 2 aromatic rings. The van der Waals surface area contributed by atoms with Crippen LogP contribution in [0, 0.1) is 11.7 Å². The van der Waals surface area contributed by atoms with Crippen molar-refractivity contribution in [2.24, 2.45) is 5.92 Å². The van der Waals surface area contributed by atoms with Crippen molar-refractivity contribution < 1.29 is 18.7 Å². The third-order valence-corrected chi connectivity index (χ3v) is 3.69. The smallest absolute Gasteiger partial charge is 0.273 e. The number of hydrogen-bond donors (Lipinski definition) is 2. The molecular weight excluding hydrogens is 311 g/mol. The van der Waals surface area contributed by atoms with E-state index in [0.29, 0.717) is 11.3 Å². The molecule has 5 nitrogen and oxygen atoms in total. The summed E-state index contributed by atoms with van der Waals surface area (Å²) in [5, 5.41) is 0. The Morgan fingerprint density at radius 3 is 2.46 bits per heavy atom. The van der Waals surface area contributed by atoms with E-state index in [4.69, 9.17) is 4.74 Å². The molecule has 0 unspecified atom stereocenters. The first-order valence-corrected chi connectivity index (χ1v) is 7.70. The van der Waals surface area contributed by atoms with Gasteiger partial charge in [-0.25, -0.2) is 4.39 Å². The summed E-state index contributed by atoms with van der Waals surface area (Å²) in [4.78, 5) is 23.8. The van der Waals surface area contributed by atoms with Gasteiger partial charge >= 0.3 is 0 Å². The van der Waals surface area contributed by atoms with Gasteiger partial charge in [-0.1, -0.05) is 24.3 Å². The number of hydrazine groups is 1. The van der Waals surface area contributed by atoms with E-state index in [9.17, 15) is 14.0 Å². The Labute approximate surface area is 138 Å². The molecule has 1 fully saturated rings. The number of rotatable bonds is 5. The average molecular weight is 328 g/mol. The predicted octanol–water partition coefficient (Wildman–Crippen LogP) is 2.58. The molecule has 0 bridgehead atoms. The molecule has 0 radical (unpaired) electrons. The lowest BCUT2D eigenvalue weighted by atomic mass is 10.2. The molecular formula is C18H17FN2O3. The van der Waals surface area contributed by atoms with Crippen molar-refractivity contribution in [2.75, 3.05) is 0 Å². The highest BCUT2D eigenvalue weighted by molar-refractivity contribution is 5.98. The van der Waals surface area contributed by atoms with Crippen molar-refractivity contribution in [3.8, 4) is 5.75 Å². The maximum Gasteiger partial charge on any atom is 0.273 e. The molecule has 3 rings (SSSR count). The fraction of sp³-hybridized carbons (Fsp3) is 0.222. The van der Waals surface area contributed by atoms with Gasteiger partial charge in [0.15, 0.2) is 0 Å². The highest BCUT2D eigenvalue weighted by atomic mass is 19.1. The van der Waals surface area contributed by atoms with Crippen LogP contribution in [0.1, 0.15) is 28.8 Å². The second kappa shape index (κ2) is 7.12. The van der Waals surface area contributed by atoms with Crippen LogP contribution in [0.3, 0.4) is 0 Å². The largest absolute Gasteiger partial charge is 0.488 e. The van der Waals surface area contributed by atoms with Gasteiger partial charge in [-0.05, 0) is 42.7 Å². The fourth-order valence-corrected chi connectivity index (χ4v) is 2.16. The number of carbonyl (C=O) groups is 2. The summed E-state index contributed by atoms with van der Waals surface area (Å²) in [5.41, 5.74) is 5.91. The van der Waals surface area contributed by atoms with Gasteiger partial charge in [0.2, 0.25) is 5.91 Å². The number of benzene rings is 2. The Balaban J connectivity index is 1.62. The SMILES string of the molecule is O=C(NNC(=O)C1CC1)c1ccccc1OCc1ccc(F)cc1. The first-order chi connectivity index (χ1) is 11.6. The minimum Gasteiger partial charge on any atom is -0.488 e. The Morgan fingerprint density at radius 1 is 1.04 bits per heavy atom. The van der Waals surface area contributed by atoms with Crippen LogP contribution in [0.5, 0.6) is 5.75 Å². The Morgan fingerprint density at radius 2 is 1.75 bits per heavy atom. The maximum absolute atomic E-state index is 12.9. The summed E-state index contributed by atoms with van der Waals surface area (Å²) in [6.07, 6.45) is 1.72. The van der Waals surface area contributed by atoms with Crippen molar-refractivity contribution in [3.63, 3.8) is 0 Å². The van der Waals surface area contributed by atoms with Crippen LogP contribution in [0.2, 0.25) is 0 Å². The highest BCUT2D eigenvalue weighted by Crippen LogP contribution is 2.28. The van der Waals surface area contributed by atoms with Crippen LogP contribution >= 0.6 is 0 Å². The zero-order valence-corrected chi connectivity index (χ0v) is 12.9. The Hall–Kier alpha value is -2.89. The second-order valence-electron chi connectivity index (χ2n) is 5.63.